The molecule has 28 heavy (non-hydrogen) atoms. The standard InChI is InChI=1S/C22H24N2O3S/c1-3-25-18-10-8-16(9-11-18)22-23-17(15-28-22)12-24(2)13-19-14-26-20-6-4-5-7-21(20)27-19/h4-11,15,19H,3,12-14H2,1-2H3/t19-/m0/s1. The smallest absolute Gasteiger partial charge is 0.161 e. The second-order valence-corrected chi connectivity index (χ2v) is 7.65. The molecule has 1 aromatic heterocycles. The van der Waals surface area contributed by atoms with Gasteiger partial charge in [-0.15, -0.1) is 11.3 Å². The van der Waals surface area contributed by atoms with E-state index in [2.05, 4.69) is 29.5 Å². The maximum atomic E-state index is 6.05. The lowest BCUT2D eigenvalue weighted by Crippen LogP contribution is -2.39. The van der Waals surface area contributed by atoms with Crippen molar-refractivity contribution in [3.63, 3.8) is 0 Å². The summed E-state index contributed by atoms with van der Waals surface area (Å²) in [5.41, 5.74) is 2.18. The first-order valence-electron chi connectivity index (χ1n) is 9.46. The minimum atomic E-state index is 0.0177. The first-order chi connectivity index (χ1) is 13.7. The molecule has 6 heteroatoms. The number of benzene rings is 2. The van der Waals surface area contributed by atoms with E-state index >= 15 is 0 Å². The first kappa shape index (κ1) is 18.8. The van der Waals surface area contributed by atoms with Crippen molar-refractivity contribution in [2.75, 3.05) is 26.8 Å². The highest BCUT2D eigenvalue weighted by molar-refractivity contribution is 7.13. The predicted octanol–water partition coefficient (Wildman–Crippen LogP) is 4.48. The van der Waals surface area contributed by atoms with Crippen molar-refractivity contribution in [1.82, 2.24) is 9.88 Å². The van der Waals surface area contributed by atoms with Gasteiger partial charge in [-0.1, -0.05) is 12.1 Å². The molecule has 4 rings (SSSR count). The Morgan fingerprint density at radius 1 is 1.14 bits per heavy atom. The molecule has 0 spiro atoms. The lowest BCUT2D eigenvalue weighted by molar-refractivity contribution is 0.0636. The van der Waals surface area contributed by atoms with Crippen molar-refractivity contribution < 1.29 is 14.2 Å². The maximum absolute atomic E-state index is 6.05. The van der Waals surface area contributed by atoms with Crippen molar-refractivity contribution in [1.29, 1.82) is 0 Å². The zero-order chi connectivity index (χ0) is 19.3. The summed E-state index contributed by atoms with van der Waals surface area (Å²) in [5.74, 6) is 2.53. The fraction of sp³-hybridized carbons (Fsp3) is 0.318. The molecular weight excluding hydrogens is 372 g/mol. The molecular formula is C22H24N2O3S. The maximum Gasteiger partial charge on any atom is 0.161 e. The van der Waals surface area contributed by atoms with Gasteiger partial charge in [-0.2, -0.15) is 0 Å². The van der Waals surface area contributed by atoms with Crippen molar-refractivity contribution >= 4 is 11.3 Å². The summed E-state index contributed by atoms with van der Waals surface area (Å²) in [4.78, 5) is 7.01. The number of fused-ring (bicyclic) bond motifs is 1. The highest BCUT2D eigenvalue weighted by atomic mass is 32.1. The molecule has 1 aliphatic rings. The third-order valence-electron chi connectivity index (χ3n) is 4.48. The van der Waals surface area contributed by atoms with E-state index in [0.29, 0.717) is 13.2 Å². The summed E-state index contributed by atoms with van der Waals surface area (Å²) in [6.07, 6.45) is 0.0177. The van der Waals surface area contributed by atoms with Crippen LogP contribution in [0, 0.1) is 0 Å². The van der Waals surface area contributed by atoms with Crippen LogP contribution in [0.1, 0.15) is 12.6 Å². The summed E-state index contributed by atoms with van der Waals surface area (Å²) in [6.45, 7) is 4.78. The number of hydrogen-bond acceptors (Lipinski definition) is 6. The average Bonchev–Trinajstić information content (AvgIpc) is 3.17. The Morgan fingerprint density at radius 2 is 1.93 bits per heavy atom. The Hall–Kier alpha value is -2.57. The topological polar surface area (TPSA) is 43.8 Å². The van der Waals surface area contributed by atoms with E-state index < -0.39 is 0 Å². The monoisotopic (exact) mass is 396 g/mol. The molecule has 1 aliphatic heterocycles. The fourth-order valence-electron chi connectivity index (χ4n) is 3.21. The van der Waals surface area contributed by atoms with Gasteiger partial charge in [0.25, 0.3) is 0 Å². The van der Waals surface area contributed by atoms with Crippen LogP contribution < -0.4 is 14.2 Å². The van der Waals surface area contributed by atoms with Gasteiger partial charge in [-0.05, 0) is 50.4 Å². The Morgan fingerprint density at radius 3 is 2.71 bits per heavy atom. The van der Waals surface area contributed by atoms with Gasteiger partial charge in [0, 0.05) is 24.0 Å². The molecule has 0 saturated carbocycles. The second kappa shape index (κ2) is 8.63. The summed E-state index contributed by atoms with van der Waals surface area (Å²) >= 11 is 1.67. The normalized spacial score (nSPS) is 15.6. The van der Waals surface area contributed by atoms with E-state index in [1.54, 1.807) is 11.3 Å². The van der Waals surface area contributed by atoms with Crippen molar-refractivity contribution in [2.24, 2.45) is 0 Å². The van der Waals surface area contributed by atoms with Crippen LogP contribution in [0.15, 0.2) is 53.9 Å². The van der Waals surface area contributed by atoms with Gasteiger partial charge in [0.05, 0.1) is 12.3 Å². The van der Waals surface area contributed by atoms with Crippen molar-refractivity contribution in [3.8, 4) is 27.8 Å². The molecule has 0 N–H and O–H groups in total. The van der Waals surface area contributed by atoms with Crippen LogP contribution in [0.5, 0.6) is 17.2 Å². The van der Waals surface area contributed by atoms with Gasteiger partial charge in [-0.3, -0.25) is 4.90 Å². The number of hydrogen-bond donors (Lipinski definition) is 0. The molecule has 1 atom stereocenters. The van der Waals surface area contributed by atoms with Gasteiger partial charge in [0.2, 0.25) is 0 Å². The van der Waals surface area contributed by atoms with Gasteiger partial charge in [0.1, 0.15) is 23.5 Å². The molecule has 0 unspecified atom stereocenters. The molecule has 5 nitrogen and oxygen atoms in total. The van der Waals surface area contributed by atoms with E-state index in [9.17, 15) is 0 Å². The molecule has 0 aliphatic carbocycles. The molecule has 0 radical (unpaired) electrons. The third kappa shape index (κ3) is 4.46. The summed E-state index contributed by atoms with van der Waals surface area (Å²) in [7, 11) is 2.08. The average molecular weight is 397 g/mol. The number of para-hydroxylation sites is 2. The number of thiazole rings is 1. The first-order valence-corrected chi connectivity index (χ1v) is 10.3. The van der Waals surface area contributed by atoms with Crippen molar-refractivity contribution in [2.45, 2.75) is 19.6 Å². The molecule has 2 aromatic carbocycles. The van der Waals surface area contributed by atoms with E-state index in [0.717, 1.165) is 46.6 Å². The Labute approximate surface area is 169 Å². The number of likely N-dealkylation sites (N-methyl/N-ethyl adjacent to an activating group) is 1. The van der Waals surface area contributed by atoms with Gasteiger partial charge in [0.15, 0.2) is 11.5 Å². The summed E-state index contributed by atoms with van der Waals surface area (Å²) < 4.78 is 17.4. The van der Waals surface area contributed by atoms with Gasteiger partial charge in [-0.25, -0.2) is 4.98 Å². The Bertz CT molecular complexity index is 910. The van der Waals surface area contributed by atoms with Crippen molar-refractivity contribution in [3.05, 3.63) is 59.6 Å². The van der Waals surface area contributed by atoms with Crippen LogP contribution in [0.2, 0.25) is 0 Å². The lowest BCUT2D eigenvalue weighted by atomic mass is 10.2. The van der Waals surface area contributed by atoms with E-state index in [1.165, 1.54) is 0 Å². The Balaban J connectivity index is 1.33. The molecule has 2 heterocycles. The van der Waals surface area contributed by atoms with Gasteiger partial charge < -0.3 is 14.2 Å². The lowest BCUT2D eigenvalue weighted by Gasteiger charge is -2.29. The zero-order valence-electron chi connectivity index (χ0n) is 16.1. The van der Waals surface area contributed by atoms with E-state index in [4.69, 9.17) is 19.2 Å². The SMILES string of the molecule is CCOc1ccc(-c2nc(CN(C)C[C@H]3COc4ccccc4O3)cs2)cc1. The van der Waals surface area contributed by atoms with E-state index in [1.807, 2.05) is 43.3 Å². The molecule has 0 bridgehead atoms. The molecule has 0 fully saturated rings. The number of nitrogens with zero attached hydrogens (tertiary/aromatic N) is 2. The summed E-state index contributed by atoms with van der Waals surface area (Å²) in [6, 6.07) is 15.9. The minimum Gasteiger partial charge on any atom is -0.494 e. The highest BCUT2D eigenvalue weighted by Gasteiger charge is 2.22. The number of aromatic nitrogens is 1. The molecule has 146 valence electrons. The Kier molecular flexibility index (Phi) is 5.78. The number of rotatable bonds is 7. The van der Waals surface area contributed by atoms with Crippen LogP contribution in [-0.2, 0) is 6.54 Å². The minimum absolute atomic E-state index is 0.0177. The third-order valence-corrected chi connectivity index (χ3v) is 5.42. The second-order valence-electron chi connectivity index (χ2n) is 6.80. The van der Waals surface area contributed by atoms with Crippen LogP contribution in [0.4, 0.5) is 0 Å². The van der Waals surface area contributed by atoms with Crippen LogP contribution in [0.25, 0.3) is 10.6 Å². The quantitative estimate of drug-likeness (QED) is 0.589. The summed E-state index contributed by atoms with van der Waals surface area (Å²) in [5, 5.41) is 3.15. The van der Waals surface area contributed by atoms with Crippen LogP contribution in [0.3, 0.4) is 0 Å². The number of ether oxygens (including phenoxy) is 3. The molecule has 3 aromatic rings. The molecule has 0 saturated heterocycles. The predicted molar refractivity (Wildman–Crippen MR) is 111 cm³/mol. The highest BCUT2D eigenvalue weighted by Crippen LogP contribution is 2.31. The molecule has 0 amide bonds. The van der Waals surface area contributed by atoms with Crippen LogP contribution in [-0.4, -0.2) is 42.8 Å². The zero-order valence-corrected chi connectivity index (χ0v) is 16.9. The van der Waals surface area contributed by atoms with Crippen LogP contribution >= 0.6 is 11.3 Å². The largest absolute Gasteiger partial charge is 0.494 e. The fourth-order valence-corrected chi connectivity index (χ4v) is 4.03. The van der Waals surface area contributed by atoms with E-state index in [-0.39, 0.29) is 6.10 Å². The van der Waals surface area contributed by atoms with Gasteiger partial charge >= 0.3 is 0 Å².